The zero-order valence-electron chi connectivity index (χ0n) is 9.41. The van der Waals surface area contributed by atoms with Gasteiger partial charge < -0.3 is 5.73 Å². The quantitative estimate of drug-likeness (QED) is 0.698. The minimum Gasteiger partial charge on any atom is -0.327 e. The van der Waals surface area contributed by atoms with Crippen LogP contribution in [0.3, 0.4) is 0 Å². The summed E-state index contributed by atoms with van der Waals surface area (Å²) in [6.07, 6.45) is 11.1. The Hall–Kier alpha value is -0.340. The van der Waals surface area contributed by atoms with Crippen molar-refractivity contribution in [3.63, 3.8) is 0 Å². The molecule has 0 saturated carbocycles. The van der Waals surface area contributed by atoms with E-state index in [1.165, 1.54) is 38.6 Å². The summed E-state index contributed by atoms with van der Waals surface area (Å²) >= 11 is 0. The van der Waals surface area contributed by atoms with E-state index in [0.717, 1.165) is 12.6 Å². The SMILES string of the molecule is CCC1CCCCCN1C/C=C/CN. The molecular weight excluding hydrogens is 172 g/mol. The Balaban J connectivity index is 2.39. The first kappa shape index (κ1) is 11.7. The van der Waals surface area contributed by atoms with Crippen LogP contribution in [0.1, 0.15) is 39.0 Å². The van der Waals surface area contributed by atoms with Crippen molar-refractivity contribution in [1.82, 2.24) is 4.90 Å². The molecule has 0 radical (unpaired) electrons. The monoisotopic (exact) mass is 196 g/mol. The van der Waals surface area contributed by atoms with Gasteiger partial charge in [0.15, 0.2) is 0 Å². The van der Waals surface area contributed by atoms with E-state index >= 15 is 0 Å². The van der Waals surface area contributed by atoms with E-state index in [1.54, 1.807) is 0 Å². The lowest BCUT2D eigenvalue weighted by atomic mass is 10.1. The zero-order chi connectivity index (χ0) is 10.2. The lowest BCUT2D eigenvalue weighted by Gasteiger charge is -2.27. The molecule has 0 aromatic carbocycles. The molecule has 1 unspecified atom stereocenters. The van der Waals surface area contributed by atoms with Crippen molar-refractivity contribution < 1.29 is 0 Å². The molecule has 1 fully saturated rings. The van der Waals surface area contributed by atoms with Crippen LogP contribution in [0.25, 0.3) is 0 Å². The standard InChI is InChI=1S/C12H24N2/c1-2-12-8-4-3-6-10-14(12)11-7-5-9-13/h5,7,12H,2-4,6,8-11,13H2,1H3/b7-5+. The molecule has 1 rings (SSSR count). The van der Waals surface area contributed by atoms with E-state index in [1.807, 2.05) is 0 Å². The van der Waals surface area contributed by atoms with Gasteiger partial charge in [-0.05, 0) is 25.8 Å². The number of hydrogen-bond acceptors (Lipinski definition) is 2. The van der Waals surface area contributed by atoms with E-state index < -0.39 is 0 Å². The minimum atomic E-state index is 0.671. The van der Waals surface area contributed by atoms with Gasteiger partial charge in [0.1, 0.15) is 0 Å². The van der Waals surface area contributed by atoms with E-state index in [-0.39, 0.29) is 0 Å². The molecule has 1 atom stereocenters. The predicted molar refractivity (Wildman–Crippen MR) is 62.3 cm³/mol. The van der Waals surface area contributed by atoms with Gasteiger partial charge in [-0.25, -0.2) is 0 Å². The highest BCUT2D eigenvalue weighted by Crippen LogP contribution is 2.18. The molecule has 0 bridgehead atoms. The third kappa shape index (κ3) is 3.81. The van der Waals surface area contributed by atoms with Gasteiger partial charge in [-0.2, -0.15) is 0 Å². The summed E-state index contributed by atoms with van der Waals surface area (Å²) in [4.78, 5) is 2.61. The van der Waals surface area contributed by atoms with Crippen molar-refractivity contribution in [2.45, 2.75) is 45.1 Å². The molecule has 1 saturated heterocycles. The smallest absolute Gasteiger partial charge is 0.0166 e. The van der Waals surface area contributed by atoms with E-state index in [4.69, 9.17) is 5.73 Å². The van der Waals surface area contributed by atoms with E-state index in [9.17, 15) is 0 Å². The molecule has 2 heteroatoms. The Morgan fingerprint density at radius 3 is 2.86 bits per heavy atom. The van der Waals surface area contributed by atoms with Gasteiger partial charge in [-0.3, -0.25) is 4.90 Å². The van der Waals surface area contributed by atoms with Crippen LogP contribution in [0.15, 0.2) is 12.2 Å². The van der Waals surface area contributed by atoms with Crippen molar-refractivity contribution >= 4 is 0 Å². The highest BCUT2D eigenvalue weighted by Gasteiger charge is 2.17. The predicted octanol–water partition coefficient (Wildman–Crippen LogP) is 2.16. The van der Waals surface area contributed by atoms with Crippen LogP contribution < -0.4 is 5.73 Å². The second-order valence-corrected chi connectivity index (χ2v) is 4.11. The molecule has 82 valence electrons. The Kier molecular flexibility index (Phi) is 5.88. The van der Waals surface area contributed by atoms with E-state index in [2.05, 4.69) is 24.0 Å². The summed E-state index contributed by atoms with van der Waals surface area (Å²) in [5, 5.41) is 0. The molecule has 1 heterocycles. The Morgan fingerprint density at radius 1 is 1.29 bits per heavy atom. The van der Waals surface area contributed by atoms with Crippen LogP contribution in [0.5, 0.6) is 0 Å². The van der Waals surface area contributed by atoms with Crippen molar-refractivity contribution in [1.29, 1.82) is 0 Å². The van der Waals surface area contributed by atoms with E-state index in [0.29, 0.717) is 6.54 Å². The van der Waals surface area contributed by atoms with Crippen LogP contribution in [0.2, 0.25) is 0 Å². The number of nitrogens with two attached hydrogens (primary N) is 1. The molecule has 0 aliphatic carbocycles. The summed E-state index contributed by atoms with van der Waals surface area (Å²) in [7, 11) is 0. The number of rotatable bonds is 4. The fourth-order valence-electron chi connectivity index (χ4n) is 2.25. The Labute approximate surface area is 88.2 Å². The zero-order valence-corrected chi connectivity index (χ0v) is 9.41. The summed E-state index contributed by atoms with van der Waals surface area (Å²) < 4.78 is 0. The molecule has 0 spiro atoms. The fraction of sp³-hybridized carbons (Fsp3) is 0.833. The molecule has 14 heavy (non-hydrogen) atoms. The number of hydrogen-bond donors (Lipinski definition) is 1. The average Bonchev–Trinajstić information content (AvgIpc) is 2.43. The second-order valence-electron chi connectivity index (χ2n) is 4.11. The molecule has 0 aromatic heterocycles. The third-order valence-electron chi connectivity index (χ3n) is 3.11. The van der Waals surface area contributed by atoms with Crippen LogP contribution in [-0.2, 0) is 0 Å². The van der Waals surface area contributed by atoms with Crippen LogP contribution in [0, 0.1) is 0 Å². The van der Waals surface area contributed by atoms with Gasteiger partial charge in [-0.1, -0.05) is 31.9 Å². The molecular formula is C12H24N2. The fourth-order valence-corrected chi connectivity index (χ4v) is 2.25. The molecule has 0 amide bonds. The Bertz CT molecular complexity index is 166. The highest BCUT2D eigenvalue weighted by atomic mass is 15.1. The normalized spacial score (nSPS) is 25.4. The minimum absolute atomic E-state index is 0.671. The maximum absolute atomic E-state index is 5.44. The summed E-state index contributed by atoms with van der Waals surface area (Å²) in [6, 6.07) is 0.805. The number of nitrogens with zero attached hydrogens (tertiary/aromatic N) is 1. The maximum Gasteiger partial charge on any atom is 0.0166 e. The molecule has 1 aliphatic rings. The van der Waals surface area contributed by atoms with Gasteiger partial charge in [0.05, 0.1) is 0 Å². The topological polar surface area (TPSA) is 29.3 Å². The first-order chi connectivity index (χ1) is 6.88. The molecule has 2 N–H and O–H groups in total. The molecule has 1 aliphatic heterocycles. The van der Waals surface area contributed by atoms with Crippen molar-refractivity contribution in [3.05, 3.63) is 12.2 Å². The van der Waals surface area contributed by atoms with Gasteiger partial charge in [-0.15, -0.1) is 0 Å². The van der Waals surface area contributed by atoms with Crippen molar-refractivity contribution in [2.24, 2.45) is 5.73 Å². The van der Waals surface area contributed by atoms with Crippen LogP contribution in [-0.4, -0.2) is 30.6 Å². The van der Waals surface area contributed by atoms with Crippen LogP contribution in [0.4, 0.5) is 0 Å². The second kappa shape index (κ2) is 7.02. The third-order valence-corrected chi connectivity index (χ3v) is 3.11. The lowest BCUT2D eigenvalue weighted by molar-refractivity contribution is 0.216. The molecule has 2 nitrogen and oxygen atoms in total. The first-order valence-electron chi connectivity index (χ1n) is 5.97. The van der Waals surface area contributed by atoms with Gasteiger partial charge in [0, 0.05) is 19.1 Å². The van der Waals surface area contributed by atoms with Crippen molar-refractivity contribution in [2.75, 3.05) is 19.6 Å². The van der Waals surface area contributed by atoms with Gasteiger partial charge >= 0.3 is 0 Å². The molecule has 0 aromatic rings. The van der Waals surface area contributed by atoms with Crippen molar-refractivity contribution in [3.8, 4) is 0 Å². The summed E-state index contributed by atoms with van der Waals surface area (Å²) in [5.74, 6) is 0. The number of likely N-dealkylation sites (tertiary alicyclic amines) is 1. The largest absolute Gasteiger partial charge is 0.327 e. The highest BCUT2D eigenvalue weighted by molar-refractivity contribution is 4.88. The Morgan fingerprint density at radius 2 is 2.14 bits per heavy atom. The van der Waals surface area contributed by atoms with Gasteiger partial charge in [0.25, 0.3) is 0 Å². The lowest BCUT2D eigenvalue weighted by Crippen LogP contribution is -2.34. The summed E-state index contributed by atoms with van der Waals surface area (Å²) in [6.45, 7) is 5.34. The average molecular weight is 196 g/mol. The first-order valence-corrected chi connectivity index (χ1v) is 5.97. The van der Waals surface area contributed by atoms with Crippen LogP contribution >= 0.6 is 0 Å². The van der Waals surface area contributed by atoms with Gasteiger partial charge in [0.2, 0.25) is 0 Å². The maximum atomic E-state index is 5.44. The summed E-state index contributed by atoms with van der Waals surface area (Å²) in [5.41, 5.74) is 5.44.